The summed E-state index contributed by atoms with van der Waals surface area (Å²) >= 11 is 0. The first kappa shape index (κ1) is 25.7. The van der Waals surface area contributed by atoms with E-state index in [0.717, 1.165) is 38.0 Å². The second-order valence-corrected chi connectivity index (χ2v) is 12.1. The summed E-state index contributed by atoms with van der Waals surface area (Å²) < 4.78 is 40.7. The Bertz CT molecular complexity index is 1140. The van der Waals surface area contributed by atoms with E-state index in [1.807, 2.05) is 38.1 Å². The SMILES string of the molecule is CCc1ccc(N(CC(C)C)S(=O)(=O)c2ccc3c(c2)C(=O)CC(C(C)C2CCOCC2)O3)cc1. The average molecular weight is 500 g/mol. The predicted molar refractivity (Wildman–Crippen MR) is 138 cm³/mol. The number of ketones is 1. The Hall–Kier alpha value is -2.38. The Morgan fingerprint density at radius 3 is 2.34 bits per heavy atom. The van der Waals surface area contributed by atoms with Crippen LogP contribution in [0.2, 0.25) is 0 Å². The number of carbonyl (C=O) groups excluding carboxylic acids is 1. The third-order valence-electron chi connectivity index (χ3n) is 7.26. The molecule has 2 aromatic carbocycles. The molecule has 0 spiro atoms. The Balaban J connectivity index is 1.61. The van der Waals surface area contributed by atoms with Crippen molar-refractivity contribution in [3.63, 3.8) is 0 Å². The van der Waals surface area contributed by atoms with Crippen molar-refractivity contribution in [3.05, 3.63) is 53.6 Å². The van der Waals surface area contributed by atoms with Crippen molar-refractivity contribution in [2.75, 3.05) is 24.1 Å². The zero-order valence-electron chi connectivity index (χ0n) is 21.2. The van der Waals surface area contributed by atoms with Crippen molar-refractivity contribution in [3.8, 4) is 5.75 Å². The molecule has 2 heterocycles. The first-order valence-corrected chi connectivity index (χ1v) is 14.2. The fourth-order valence-electron chi connectivity index (χ4n) is 5.03. The van der Waals surface area contributed by atoms with Gasteiger partial charge in [0.05, 0.1) is 16.1 Å². The third-order valence-corrected chi connectivity index (χ3v) is 9.05. The molecule has 0 saturated carbocycles. The molecule has 0 N–H and O–H groups in total. The minimum atomic E-state index is -3.86. The van der Waals surface area contributed by atoms with Crippen LogP contribution in [0.3, 0.4) is 0 Å². The molecule has 0 aromatic heterocycles. The number of benzene rings is 2. The van der Waals surface area contributed by atoms with Crippen molar-refractivity contribution < 1.29 is 22.7 Å². The Morgan fingerprint density at radius 1 is 1.03 bits per heavy atom. The van der Waals surface area contributed by atoms with Gasteiger partial charge in [-0.1, -0.05) is 39.8 Å². The number of hydrogen-bond acceptors (Lipinski definition) is 5. The largest absolute Gasteiger partial charge is 0.489 e. The number of anilines is 1. The van der Waals surface area contributed by atoms with Crippen molar-refractivity contribution in [2.24, 2.45) is 17.8 Å². The highest BCUT2D eigenvalue weighted by molar-refractivity contribution is 7.92. The number of rotatable bonds is 8. The molecule has 2 atom stereocenters. The summed E-state index contributed by atoms with van der Waals surface area (Å²) in [5, 5.41) is 0. The number of Topliss-reactive ketones (excluding diaryl/α,β-unsaturated/α-hetero) is 1. The van der Waals surface area contributed by atoms with Crippen molar-refractivity contribution in [1.82, 2.24) is 0 Å². The van der Waals surface area contributed by atoms with Crippen LogP contribution in [0.15, 0.2) is 47.4 Å². The van der Waals surface area contributed by atoms with Crippen molar-refractivity contribution in [2.45, 2.75) is 64.4 Å². The summed E-state index contributed by atoms with van der Waals surface area (Å²) in [5.41, 5.74) is 2.13. The number of carbonyl (C=O) groups is 1. The van der Waals surface area contributed by atoms with E-state index in [4.69, 9.17) is 9.47 Å². The fourth-order valence-corrected chi connectivity index (χ4v) is 6.68. The van der Waals surface area contributed by atoms with Gasteiger partial charge in [0.25, 0.3) is 10.0 Å². The molecule has 0 aliphatic carbocycles. The lowest BCUT2D eigenvalue weighted by molar-refractivity contribution is 0.0139. The summed E-state index contributed by atoms with van der Waals surface area (Å²) in [7, 11) is -3.86. The Morgan fingerprint density at radius 2 is 1.71 bits per heavy atom. The van der Waals surface area contributed by atoms with Gasteiger partial charge < -0.3 is 9.47 Å². The molecule has 35 heavy (non-hydrogen) atoms. The van der Waals surface area contributed by atoms with Gasteiger partial charge in [-0.2, -0.15) is 0 Å². The maximum atomic E-state index is 13.8. The van der Waals surface area contributed by atoms with E-state index in [-0.39, 0.29) is 35.0 Å². The van der Waals surface area contributed by atoms with E-state index >= 15 is 0 Å². The van der Waals surface area contributed by atoms with Crippen LogP contribution < -0.4 is 9.04 Å². The van der Waals surface area contributed by atoms with Crippen LogP contribution in [0, 0.1) is 17.8 Å². The summed E-state index contributed by atoms with van der Waals surface area (Å²) in [6.07, 6.45) is 2.91. The van der Waals surface area contributed by atoms with E-state index in [1.165, 1.54) is 10.4 Å². The molecule has 190 valence electrons. The van der Waals surface area contributed by atoms with Crippen LogP contribution in [-0.2, 0) is 21.2 Å². The molecule has 2 aliphatic heterocycles. The first-order chi connectivity index (χ1) is 16.7. The second-order valence-electron chi connectivity index (χ2n) is 10.2. The Kier molecular flexibility index (Phi) is 7.86. The highest BCUT2D eigenvalue weighted by Crippen LogP contribution is 2.37. The molecular formula is C28H37NO5S. The molecule has 0 bridgehead atoms. The molecule has 7 heteroatoms. The van der Waals surface area contributed by atoms with Gasteiger partial charge in [0, 0.05) is 26.2 Å². The van der Waals surface area contributed by atoms with Gasteiger partial charge in [-0.15, -0.1) is 0 Å². The maximum absolute atomic E-state index is 13.8. The van der Waals surface area contributed by atoms with E-state index in [0.29, 0.717) is 29.5 Å². The molecule has 0 amide bonds. The summed E-state index contributed by atoms with van der Waals surface area (Å²) in [6, 6.07) is 12.3. The second kappa shape index (κ2) is 10.7. The lowest BCUT2D eigenvalue weighted by Gasteiger charge is -2.36. The minimum Gasteiger partial charge on any atom is -0.489 e. The predicted octanol–water partition coefficient (Wildman–Crippen LogP) is 5.50. The van der Waals surface area contributed by atoms with E-state index in [9.17, 15) is 13.2 Å². The number of hydrogen-bond donors (Lipinski definition) is 0. The zero-order chi connectivity index (χ0) is 25.2. The van der Waals surface area contributed by atoms with Crippen LogP contribution in [0.25, 0.3) is 0 Å². The quantitative estimate of drug-likeness (QED) is 0.480. The highest BCUT2D eigenvalue weighted by Gasteiger charge is 2.36. The highest BCUT2D eigenvalue weighted by atomic mass is 32.2. The molecule has 1 fully saturated rings. The van der Waals surface area contributed by atoms with Gasteiger partial charge in [0.2, 0.25) is 0 Å². The molecule has 2 unspecified atom stereocenters. The minimum absolute atomic E-state index is 0.0603. The standard InChI is InChI=1S/C28H37NO5S/c1-5-21-6-8-23(9-7-21)29(18-19(2)3)35(31,32)24-10-11-27-25(16-24)26(30)17-28(34-27)20(4)22-12-14-33-15-13-22/h6-11,16,19-20,22,28H,5,12-15,17-18H2,1-4H3. The fraction of sp³-hybridized carbons (Fsp3) is 0.536. The lowest BCUT2D eigenvalue weighted by atomic mass is 9.81. The van der Waals surface area contributed by atoms with Crippen LogP contribution in [-0.4, -0.2) is 40.1 Å². The molecule has 0 radical (unpaired) electrons. The number of fused-ring (bicyclic) bond motifs is 1. The van der Waals surface area contributed by atoms with Crippen LogP contribution in [0.5, 0.6) is 5.75 Å². The van der Waals surface area contributed by atoms with E-state index < -0.39 is 10.0 Å². The number of aryl methyl sites for hydroxylation is 1. The lowest BCUT2D eigenvalue weighted by Crippen LogP contribution is -2.38. The average Bonchev–Trinajstić information content (AvgIpc) is 2.87. The van der Waals surface area contributed by atoms with Gasteiger partial charge in [-0.3, -0.25) is 9.10 Å². The van der Waals surface area contributed by atoms with Gasteiger partial charge in [-0.05, 0) is 72.9 Å². The van der Waals surface area contributed by atoms with Crippen LogP contribution in [0.1, 0.15) is 62.9 Å². The number of ether oxygens (including phenoxy) is 2. The maximum Gasteiger partial charge on any atom is 0.264 e. The molecule has 6 nitrogen and oxygen atoms in total. The first-order valence-electron chi connectivity index (χ1n) is 12.7. The molecule has 2 aromatic rings. The molecule has 2 aliphatic rings. The summed E-state index contributed by atoms with van der Waals surface area (Å²) in [4.78, 5) is 13.3. The Labute approximate surface area is 209 Å². The number of sulfonamides is 1. The zero-order valence-corrected chi connectivity index (χ0v) is 22.0. The smallest absolute Gasteiger partial charge is 0.264 e. The van der Waals surface area contributed by atoms with Crippen molar-refractivity contribution in [1.29, 1.82) is 0 Å². The van der Waals surface area contributed by atoms with E-state index in [1.54, 1.807) is 12.1 Å². The normalized spacial score (nSPS) is 19.8. The van der Waals surface area contributed by atoms with Gasteiger partial charge in [-0.25, -0.2) is 8.42 Å². The monoisotopic (exact) mass is 499 g/mol. The van der Waals surface area contributed by atoms with Crippen molar-refractivity contribution >= 4 is 21.5 Å². The summed E-state index contributed by atoms with van der Waals surface area (Å²) in [6.45, 7) is 10.0. The van der Waals surface area contributed by atoms with Gasteiger partial charge in [0.1, 0.15) is 11.9 Å². The third kappa shape index (κ3) is 5.56. The van der Waals surface area contributed by atoms with Gasteiger partial charge >= 0.3 is 0 Å². The van der Waals surface area contributed by atoms with E-state index in [2.05, 4.69) is 13.8 Å². The van der Waals surface area contributed by atoms with Gasteiger partial charge in [0.15, 0.2) is 5.78 Å². The topological polar surface area (TPSA) is 72.9 Å². The number of nitrogens with zero attached hydrogens (tertiary/aromatic N) is 1. The van der Waals surface area contributed by atoms with Crippen LogP contribution >= 0.6 is 0 Å². The summed E-state index contributed by atoms with van der Waals surface area (Å²) in [5.74, 6) is 1.24. The molecule has 1 saturated heterocycles. The van der Waals surface area contributed by atoms with Crippen LogP contribution in [0.4, 0.5) is 5.69 Å². The molecular weight excluding hydrogens is 462 g/mol. The molecule has 4 rings (SSSR count).